The molecule has 1 N–H and O–H groups in total. The maximum Gasteiger partial charge on any atom is 0.157 e. The molecule has 3 nitrogen and oxygen atoms in total. The van der Waals surface area contributed by atoms with E-state index in [0.717, 1.165) is 30.6 Å². The van der Waals surface area contributed by atoms with Gasteiger partial charge in [0.05, 0.1) is 7.11 Å². The van der Waals surface area contributed by atoms with Crippen LogP contribution in [0.2, 0.25) is 0 Å². The van der Waals surface area contributed by atoms with E-state index in [-0.39, 0.29) is 5.78 Å². The van der Waals surface area contributed by atoms with Gasteiger partial charge in [0.1, 0.15) is 11.3 Å². The van der Waals surface area contributed by atoms with Gasteiger partial charge >= 0.3 is 0 Å². The van der Waals surface area contributed by atoms with Gasteiger partial charge in [-0.15, -0.1) is 0 Å². The van der Waals surface area contributed by atoms with E-state index < -0.39 is 5.54 Å². The van der Waals surface area contributed by atoms with E-state index in [1.807, 2.05) is 31.3 Å². The minimum Gasteiger partial charge on any atom is -0.496 e. The molecule has 1 aromatic carbocycles. The molecule has 1 saturated carbocycles. The minimum absolute atomic E-state index is 0.274. The average Bonchev–Trinajstić information content (AvgIpc) is 2.40. The van der Waals surface area contributed by atoms with Gasteiger partial charge in [0.25, 0.3) is 0 Å². The van der Waals surface area contributed by atoms with Crippen LogP contribution in [0.15, 0.2) is 24.3 Å². The summed E-state index contributed by atoms with van der Waals surface area (Å²) in [7, 11) is 3.51. The van der Waals surface area contributed by atoms with Crippen molar-refractivity contribution in [3.8, 4) is 5.75 Å². The van der Waals surface area contributed by atoms with Crippen LogP contribution < -0.4 is 10.1 Å². The Labute approximate surface area is 102 Å². The molecule has 0 heterocycles. The van der Waals surface area contributed by atoms with Crippen molar-refractivity contribution >= 4 is 5.78 Å². The lowest BCUT2D eigenvalue weighted by Gasteiger charge is -2.36. The van der Waals surface area contributed by atoms with Crippen molar-refractivity contribution in [1.82, 2.24) is 5.32 Å². The van der Waals surface area contributed by atoms with Crippen LogP contribution in [0.4, 0.5) is 0 Å². The standard InChI is InChI=1S/C14H19NO2/c1-15-14(10-6-5-9-13(14)16)11-7-3-4-8-12(11)17-2/h3-4,7-8,15H,5-6,9-10H2,1-2H3/t14-/m0/s1. The highest BCUT2D eigenvalue weighted by Gasteiger charge is 2.41. The Morgan fingerprint density at radius 1 is 1.29 bits per heavy atom. The van der Waals surface area contributed by atoms with Gasteiger partial charge in [0, 0.05) is 12.0 Å². The first-order valence-corrected chi connectivity index (χ1v) is 6.10. The second-order valence-electron chi connectivity index (χ2n) is 4.49. The van der Waals surface area contributed by atoms with Crippen LogP contribution in [-0.4, -0.2) is 19.9 Å². The molecule has 0 amide bonds. The van der Waals surface area contributed by atoms with Crippen molar-refractivity contribution in [1.29, 1.82) is 0 Å². The number of carbonyl (C=O) groups excluding carboxylic acids is 1. The molecule has 2 rings (SSSR count). The van der Waals surface area contributed by atoms with Crippen LogP contribution in [0.5, 0.6) is 5.75 Å². The number of hydrogen-bond donors (Lipinski definition) is 1. The maximum atomic E-state index is 12.3. The molecule has 0 bridgehead atoms. The lowest BCUT2D eigenvalue weighted by Crippen LogP contribution is -2.49. The third-order valence-corrected chi connectivity index (χ3v) is 3.68. The number of nitrogens with one attached hydrogen (secondary N) is 1. The first-order valence-electron chi connectivity index (χ1n) is 6.10. The van der Waals surface area contributed by atoms with Crippen LogP contribution >= 0.6 is 0 Å². The number of hydrogen-bond acceptors (Lipinski definition) is 3. The van der Waals surface area contributed by atoms with Gasteiger partial charge in [0.15, 0.2) is 5.78 Å². The number of para-hydroxylation sites is 1. The molecule has 1 fully saturated rings. The fourth-order valence-electron chi connectivity index (χ4n) is 2.71. The van der Waals surface area contributed by atoms with E-state index >= 15 is 0 Å². The zero-order chi connectivity index (χ0) is 12.3. The third-order valence-electron chi connectivity index (χ3n) is 3.68. The van der Waals surface area contributed by atoms with Crippen LogP contribution in [0, 0.1) is 0 Å². The highest BCUT2D eigenvalue weighted by molar-refractivity contribution is 5.91. The van der Waals surface area contributed by atoms with E-state index in [0.29, 0.717) is 6.42 Å². The summed E-state index contributed by atoms with van der Waals surface area (Å²) in [6.45, 7) is 0. The number of carbonyl (C=O) groups is 1. The molecule has 17 heavy (non-hydrogen) atoms. The molecule has 1 atom stereocenters. The first kappa shape index (κ1) is 12.1. The maximum absolute atomic E-state index is 12.3. The van der Waals surface area contributed by atoms with Crippen molar-refractivity contribution in [3.63, 3.8) is 0 Å². The van der Waals surface area contributed by atoms with Crippen molar-refractivity contribution in [2.24, 2.45) is 0 Å². The number of Topliss-reactive ketones (excluding diaryl/α,β-unsaturated/α-hetero) is 1. The summed E-state index contributed by atoms with van der Waals surface area (Å²) in [6, 6.07) is 7.78. The molecule has 0 saturated heterocycles. The summed E-state index contributed by atoms with van der Waals surface area (Å²) in [5, 5.41) is 3.23. The number of ether oxygens (including phenoxy) is 1. The molecule has 0 radical (unpaired) electrons. The van der Waals surface area contributed by atoms with Crippen LogP contribution in [0.3, 0.4) is 0 Å². The largest absolute Gasteiger partial charge is 0.496 e. The van der Waals surface area contributed by atoms with E-state index in [1.54, 1.807) is 7.11 Å². The smallest absolute Gasteiger partial charge is 0.157 e. The van der Waals surface area contributed by atoms with E-state index in [1.165, 1.54) is 0 Å². The number of likely N-dealkylation sites (N-methyl/N-ethyl adjacent to an activating group) is 1. The lowest BCUT2D eigenvalue weighted by atomic mass is 9.75. The SMILES string of the molecule is CN[C@]1(c2ccccc2OC)CCCCC1=O. The summed E-state index contributed by atoms with van der Waals surface area (Å²) in [4.78, 5) is 12.3. The summed E-state index contributed by atoms with van der Waals surface area (Å²) in [5.41, 5.74) is 0.417. The van der Waals surface area contributed by atoms with Gasteiger partial charge < -0.3 is 10.1 Å². The van der Waals surface area contributed by atoms with Crippen molar-refractivity contribution in [2.45, 2.75) is 31.2 Å². The van der Waals surface area contributed by atoms with E-state index in [2.05, 4.69) is 5.32 Å². The summed E-state index contributed by atoms with van der Waals surface area (Å²) in [5.74, 6) is 1.06. The van der Waals surface area contributed by atoms with Crippen LogP contribution in [0.25, 0.3) is 0 Å². The van der Waals surface area contributed by atoms with E-state index in [4.69, 9.17) is 4.74 Å². The highest BCUT2D eigenvalue weighted by atomic mass is 16.5. The number of ketones is 1. The summed E-state index contributed by atoms with van der Waals surface area (Å²) < 4.78 is 5.38. The molecule has 1 aromatic rings. The molecule has 0 spiro atoms. The fraction of sp³-hybridized carbons (Fsp3) is 0.500. The topological polar surface area (TPSA) is 38.3 Å². The zero-order valence-electron chi connectivity index (χ0n) is 10.5. The summed E-state index contributed by atoms with van der Waals surface area (Å²) >= 11 is 0. The predicted molar refractivity (Wildman–Crippen MR) is 67.2 cm³/mol. The van der Waals surface area contributed by atoms with Gasteiger partial charge in [-0.2, -0.15) is 0 Å². The zero-order valence-corrected chi connectivity index (χ0v) is 10.5. The Balaban J connectivity index is 2.49. The highest BCUT2D eigenvalue weighted by Crippen LogP contribution is 2.38. The van der Waals surface area contributed by atoms with Gasteiger partial charge in [-0.3, -0.25) is 4.79 Å². The van der Waals surface area contributed by atoms with Gasteiger partial charge in [-0.05, 0) is 26.0 Å². The van der Waals surface area contributed by atoms with Gasteiger partial charge in [0.2, 0.25) is 0 Å². The Kier molecular flexibility index (Phi) is 3.48. The molecule has 1 aliphatic rings. The fourth-order valence-corrected chi connectivity index (χ4v) is 2.71. The van der Waals surface area contributed by atoms with Crippen LogP contribution in [0.1, 0.15) is 31.2 Å². The van der Waals surface area contributed by atoms with Gasteiger partial charge in [-0.25, -0.2) is 0 Å². The van der Waals surface area contributed by atoms with Crippen molar-refractivity contribution in [2.75, 3.05) is 14.2 Å². The second-order valence-corrected chi connectivity index (χ2v) is 4.49. The van der Waals surface area contributed by atoms with E-state index in [9.17, 15) is 4.79 Å². The molecule has 1 aliphatic carbocycles. The second kappa shape index (κ2) is 4.88. The predicted octanol–water partition coefficient (Wildman–Crippen LogP) is 2.25. The molecular formula is C14H19NO2. The number of benzene rings is 1. The Morgan fingerprint density at radius 3 is 2.71 bits per heavy atom. The van der Waals surface area contributed by atoms with Crippen molar-refractivity contribution in [3.05, 3.63) is 29.8 Å². The monoisotopic (exact) mass is 233 g/mol. The van der Waals surface area contributed by atoms with Crippen molar-refractivity contribution < 1.29 is 9.53 Å². The Bertz CT molecular complexity index is 416. The molecule has 0 aromatic heterocycles. The minimum atomic E-state index is -0.551. The lowest BCUT2D eigenvalue weighted by molar-refractivity contribution is -0.127. The molecule has 3 heteroatoms. The molecule has 92 valence electrons. The Hall–Kier alpha value is -1.35. The van der Waals surface area contributed by atoms with Gasteiger partial charge in [-0.1, -0.05) is 24.6 Å². The number of rotatable bonds is 3. The Morgan fingerprint density at radius 2 is 2.06 bits per heavy atom. The average molecular weight is 233 g/mol. The normalized spacial score (nSPS) is 24.7. The summed E-state index contributed by atoms with van der Waals surface area (Å²) in [6.07, 6.45) is 3.57. The molecular weight excluding hydrogens is 214 g/mol. The quantitative estimate of drug-likeness (QED) is 0.870. The first-order chi connectivity index (χ1) is 8.24. The molecule has 0 unspecified atom stereocenters. The third kappa shape index (κ3) is 1.95. The number of methoxy groups -OCH3 is 1. The molecule has 0 aliphatic heterocycles. The van der Waals surface area contributed by atoms with Crippen LogP contribution in [-0.2, 0) is 10.3 Å².